The summed E-state index contributed by atoms with van der Waals surface area (Å²) < 4.78 is 4.98. The highest BCUT2D eigenvalue weighted by Gasteiger charge is 2.37. The second-order valence-electron chi connectivity index (χ2n) is 7.81. The van der Waals surface area contributed by atoms with Gasteiger partial charge < -0.3 is 14.7 Å². The molecule has 1 aliphatic heterocycles. The van der Waals surface area contributed by atoms with Crippen molar-refractivity contribution in [2.45, 2.75) is 52.9 Å². The van der Waals surface area contributed by atoms with Crippen LogP contribution in [0.3, 0.4) is 0 Å². The number of amides is 2. The first-order valence-electron chi connectivity index (χ1n) is 9.45. The Morgan fingerprint density at radius 2 is 1.85 bits per heavy atom. The zero-order valence-corrected chi connectivity index (χ0v) is 16.6. The molecule has 2 heterocycles. The second-order valence-corrected chi connectivity index (χ2v) is 7.81. The number of para-hydroxylation sites is 1. The highest BCUT2D eigenvalue weighted by atomic mass is 16.5. The molecule has 0 aliphatic carbocycles. The van der Waals surface area contributed by atoms with E-state index in [-0.39, 0.29) is 30.1 Å². The number of anilines is 2. The minimum Gasteiger partial charge on any atom is -0.360 e. The lowest BCUT2D eigenvalue weighted by molar-refractivity contribution is -0.122. The molecule has 144 valence electrons. The van der Waals surface area contributed by atoms with Crippen LogP contribution >= 0.6 is 0 Å². The van der Waals surface area contributed by atoms with Crippen molar-refractivity contribution in [3.8, 4) is 0 Å². The van der Waals surface area contributed by atoms with Crippen LogP contribution in [0.25, 0.3) is 0 Å². The van der Waals surface area contributed by atoms with Crippen molar-refractivity contribution in [1.82, 2.24) is 5.16 Å². The van der Waals surface area contributed by atoms with Gasteiger partial charge in [0.15, 0.2) is 5.82 Å². The highest BCUT2D eigenvalue weighted by molar-refractivity contribution is 6.04. The van der Waals surface area contributed by atoms with Crippen LogP contribution in [0.2, 0.25) is 0 Å². The van der Waals surface area contributed by atoms with Gasteiger partial charge in [-0.15, -0.1) is 0 Å². The Kier molecular flexibility index (Phi) is 5.35. The molecule has 1 aliphatic rings. The van der Waals surface area contributed by atoms with E-state index in [1.54, 1.807) is 17.9 Å². The number of nitrogens with one attached hydrogen (secondary N) is 1. The molecule has 1 fully saturated rings. The molecule has 6 heteroatoms. The largest absolute Gasteiger partial charge is 0.360 e. The fourth-order valence-corrected chi connectivity index (χ4v) is 3.58. The normalized spacial score (nSPS) is 17.2. The van der Waals surface area contributed by atoms with E-state index in [4.69, 9.17) is 4.52 Å². The Morgan fingerprint density at radius 3 is 2.37 bits per heavy atom. The fourth-order valence-electron chi connectivity index (χ4n) is 3.58. The molecule has 0 bridgehead atoms. The van der Waals surface area contributed by atoms with Crippen molar-refractivity contribution >= 4 is 23.3 Å². The Morgan fingerprint density at radius 1 is 1.22 bits per heavy atom. The topological polar surface area (TPSA) is 75.4 Å². The lowest BCUT2D eigenvalue weighted by atomic mass is 9.92. The Hall–Kier alpha value is -2.63. The van der Waals surface area contributed by atoms with E-state index in [0.717, 1.165) is 16.8 Å². The Balaban J connectivity index is 1.86. The van der Waals surface area contributed by atoms with Crippen LogP contribution in [0.15, 0.2) is 28.8 Å². The molecule has 1 saturated heterocycles. The molecular formula is C21H27N3O3. The van der Waals surface area contributed by atoms with Crippen LogP contribution in [-0.2, 0) is 9.59 Å². The number of aryl methyl sites for hydroxylation is 1. The first kappa shape index (κ1) is 19.1. The van der Waals surface area contributed by atoms with Crippen LogP contribution in [0.4, 0.5) is 11.5 Å². The number of nitrogens with zero attached hydrogens (tertiary/aromatic N) is 2. The summed E-state index contributed by atoms with van der Waals surface area (Å²) in [5.74, 6) is 0.967. The van der Waals surface area contributed by atoms with E-state index in [1.165, 1.54) is 0 Å². The molecule has 3 rings (SSSR count). The summed E-state index contributed by atoms with van der Waals surface area (Å²) >= 11 is 0. The van der Waals surface area contributed by atoms with E-state index < -0.39 is 5.92 Å². The smallest absolute Gasteiger partial charge is 0.231 e. The van der Waals surface area contributed by atoms with Gasteiger partial charge >= 0.3 is 0 Å². The van der Waals surface area contributed by atoms with Crippen molar-refractivity contribution < 1.29 is 14.1 Å². The first-order valence-corrected chi connectivity index (χ1v) is 9.45. The number of carbonyl (C=O) groups excluding carboxylic acids is 2. The molecule has 2 amide bonds. The summed E-state index contributed by atoms with van der Waals surface area (Å²) in [5.41, 5.74) is 3.26. The minimum atomic E-state index is -0.408. The number of hydrogen-bond acceptors (Lipinski definition) is 4. The standard InChI is InChI=1S/C21H27N3O3/c1-12(2)16-7-6-8-17(13(3)4)20(16)24-11-15(10-19(24)25)21(26)22-18-9-14(5)27-23-18/h6-9,12-13,15H,10-11H2,1-5H3,(H,22,23,26). The summed E-state index contributed by atoms with van der Waals surface area (Å²) in [4.78, 5) is 27.2. The lowest BCUT2D eigenvalue weighted by Crippen LogP contribution is -2.30. The third kappa shape index (κ3) is 3.89. The SMILES string of the molecule is Cc1cc(NC(=O)C2CC(=O)N(c3c(C(C)C)cccc3C(C)C)C2)no1. The number of benzene rings is 1. The van der Waals surface area contributed by atoms with Crippen molar-refractivity contribution in [3.05, 3.63) is 41.2 Å². The maximum Gasteiger partial charge on any atom is 0.231 e. The van der Waals surface area contributed by atoms with Gasteiger partial charge in [-0.1, -0.05) is 51.1 Å². The van der Waals surface area contributed by atoms with Gasteiger partial charge in [0.05, 0.1) is 11.6 Å². The molecule has 1 aromatic heterocycles. The van der Waals surface area contributed by atoms with Crippen LogP contribution in [0.5, 0.6) is 0 Å². The maximum absolute atomic E-state index is 12.8. The predicted octanol–water partition coefficient (Wildman–Crippen LogP) is 4.22. The number of aromatic nitrogens is 1. The monoisotopic (exact) mass is 369 g/mol. The lowest BCUT2D eigenvalue weighted by Gasteiger charge is -2.27. The number of rotatable bonds is 5. The van der Waals surface area contributed by atoms with Crippen LogP contribution < -0.4 is 10.2 Å². The van der Waals surface area contributed by atoms with Gasteiger partial charge in [0.1, 0.15) is 5.76 Å². The van der Waals surface area contributed by atoms with Crippen molar-refractivity contribution in [2.24, 2.45) is 5.92 Å². The summed E-state index contributed by atoms with van der Waals surface area (Å²) in [7, 11) is 0. The van der Waals surface area contributed by atoms with Crippen LogP contribution in [0, 0.1) is 12.8 Å². The average molecular weight is 369 g/mol. The van der Waals surface area contributed by atoms with E-state index >= 15 is 0 Å². The van der Waals surface area contributed by atoms with Gasteiger partial charge in [0.25, 0.3) is 0 Å². The predicted molar refractivity (Wildman–Crippen MR) is 105 cm³/mol. The maximum atomic E-state index is 12.8. The van der Waals surface area contributed by atoms with E-state index in [2.05, 4.69) is 50.3 Å². The third-order valence-corrected chi connectivity index (χ3v) is 4.99. The van der Waals surface area contributed by atoms with Gasteiger partial charge in [0.2, 0.25) is 11.8 Å². The van der Waals surface area contributed by atoms with Gasteiger partial charge in [-0.3, -0.25) is 9.59 Å². The molecule has 1 aromatic carbocycles. The van der Waals surface area contributed by atoms with Gasteiger partial charge in [-0.25, -0.2) is 0 Å². The first-order chi connectivity index (χ1) is 12.8. The zero-order chi connectivity index (χ0) is 19.7. The molecule has 6 nitrogen and oxygen atoms in total. The Labute approximate surface area is 159 Å². The third-order valence-electron chi connectivity index (χ3n) is 4.99. The summed E-state index contributed by atoms with van der Waals surface area (Å²) in [5, 5.41) is 6.54. The number of hydrogen-bond donors (Lipinski definition) is 1. The molecule has 2 aromatic rings. The van der Waals surface area contributed by atoms with Crippen molar-refractivity contribution in [1.29, 1.82) is 0 Å². The second kappa shape index (κ2) is 7.55. The summed E-state index contributed by atoms with van der Waals surface area (Å²) in [6, 6.07) is 7.86. The van der Waals surface area contributed by atoms with Gasteiger partial charge in [-0.2, -0.15) is 0 Å². The van der Waals surface area contributed by atoms with Crippen LogP contribution in [0.1, 0.15) is 62.8 Å². The van der Waals surface area contributed by atoms with E-state index in [9.17, 15) is 9.59 Å². The average Bonchev–Trinajstić information content (AvgIpc) is 3.19. The van der Waals surface area contributed by atoms with Crippen molar-refractivity contribution in [3.63, 3.8) is 0 Å². The summed E-state index contributed by atoms with van der Waals surface area (Å²) in [6.07, 6.45) is 0.201. The minimum absolute atomic E-state index is 0.0125. The molecule has 1 N–H and O–H groups in total. The van der Waals surface area contributed by atoms with Crippen molar-refractivity contribution in [2.75, 3.05) is 16.8 Å². The molecule has 0 radical (unpaired) electrons. The summed E-state index contributed by atoms with van der Waals surface area (Å²) in [6.45, 7) is 10.6. The van der Waals surface area contributed by atoms with Gasteiger partial charge in [0, 0.05) is 19.0 Å². The molecule has 27 heavy (non-hydrogen) atoms. The molecule has 0 spiro atoms. The zero-order valence-electron chi connectivity index (χ0n) is 16.6. The molecule has 1 atom stereocenters. The Bertz CT molecular complexity index is 828. The van der Waals surface area contributed by atoms with Crippen LogP contribution in [-0.4, -0.2) is 23.5 Å². The molecule has 0 saturated carbocycles. The molecule has 1 unspecified atom stereocenters. The number of carbonyl (C=O) groups is 2. The fraction of sp³-hybridized carbons (Fsp3) is 0.476. The molecular weight excluding hydrogens is 342 g/mol. The van der Waals surface area contributed by atoms with E-state index in [1.807, 2.05) is 6.07 Å². The van der Waals surface area contributed by atoms with Gasteiger partial charge in [-0.05, 0) is 29.9 Å². The highest BCUT2D eigenvalue weighted by Crippen LogP contribution is 2.38. The quantitative estimate of drug-likeness (QED) is 0.856. The van der Waals surface area contributed by atoms with E-state index in [0.29, 0.717) is 18.1 Å².